The zero-order valence-electron chi connectivity index (χ0n) is 11.8. The second-order valence-electron chi connectivity index (χ2n) is 5.87. The van der Waals surface area contributed by atoms with Crippen molar-refractivity contribution in [2.45, 2.75) is 52.7 Å². The van der Waals surface area contributed by atoms with E-state index in [9.17, 15) is 14.4 Å². The Bertz CT molecular complexity index is 402. The maximum atomic E-state index is 12.2. The molecule has 0 N–H and O–H groups in total. The highest BCUT2D eigenvalue weighted by atomic mass is 16.6. The molecular formula is C14H20O5. The molecule has 0 amide bonds. The lowest BCUT2D eigenvalue weighted by atomic mass is 9.95. The Balaban J connectivity index is 2.24. The first-order chi connectivity index (χ1) is 8.81. The van der Waals surface area contributed by atoms with E-state index >= 15 is 0 Å². The van der Waals surface area contributed by atoms with Crippen LogP contribution in [-0.2, 0) is 23.9 Å². The Morgan fingerprint density at radius 3 is 1.89 bits per heavy atom. The van der Waals surface area contributed by atoms with Gasteiger partial charge in [0.25, 0.3) is 0 Å². The van der Waals surface area contributed by atoms with E-state index in [1.54, 1.807) is 27.7 Å². The van der Waals surface area contributed by atoms with Crippen molar-refractivity contribution in [1.82, 2.24) is 0 Å². The van der Waals surface area contributed by atoms with Gasteiger partial charge < -0.3 is 9.47 Å². The first kappa shape index (κ1) is 14.0. The number of rotatable bonds is 4. The van der Waals surface area contributed by atoms with Gasteiger partial charge in [0.1, 0.15) is 5.78 Å². The van der Waals surface area contributed by atoms with Crippen molar-refractivity contribution < 1.29 is 23.9 Å². The van der Waals surface area contributed by atoms with E-state index in [4.69, 9.17) is 9.47 Å². The molecule has 2 aliphatic rings. The number of carbonyl (C=O) groups is 3. The molecule has 0 saturated heterocycles. The minimum absolute atomic E-state index is 0.0218. The van der Waals surface area contributed by atoms with Crippen molar-refractivity contribution in [3.8, 4) is 0 Å². The van der Waals surface area contributed by atoms with Crippen LogP contribution in [0.3, 0.4) is 0 Å². The third-order valence-corrected chi connectivity index (χ3v) is 3.78. The molecule has 0 bridgehead atoms. The van der Waals surface area contributed by atoms with E-state index in [0.29, 0.717) is 12.8 Å². The zero-order valence-corrected chi connectivity index (χ0v) is 11.8. The summed E-state index contributed by atoms with van der Waals surface area (Å²) in [6.07, 6.45) is 0.394. The number of carbonyl (C=O) groups excluding carboxylic acids is 3. The molecule has 0 aromatic carbocycles. The molecule has 5 heteroatoms. The smallest absolute Gasteiger partial charge is 0.324 e. The summed E-state index contributed by atoms with van der Waals surface area (Å²) in [4.78, 5) is 36.3. The standard InChI is InChI=1S/C14H20O5/c1-7(2)18-12(16)14(13(17)19-8(3)4)9-5-6-10(15)11(9)14/h7-9,11H,5-6H2,1-4H3/t9-,11-/m0/s1. The average Bonchev–Trinajstić information content (AvgIpc) is 2.80. The molecule has 0 aromatic rings. The van der Waals surface area contributed by atoms with Crippen molar-refractivity contribution in [3.05, 3.63) is 0 Å². The number of fused-ring (bicyclic) bond motifs is 1. The van der Waals surface area contributed by atoms with Gasteiger partial charge in [0.05, 0.1) is 12.2 Å². The van der Waals surface area contributed by atoms with E-state index in [1.807, 2.05) is 0 Å². The maximum Gasteiger partial charge on any atom is 0.324 e. The second-order valence-corrected chi connectivity index (χ2v) is 5.87. The summed E-state index contributed by atoms with van der Waals surface area (Å²) in [5, 5.41) is 0. The fraction of sp³-hybridized carbons (Fsp3) is 0.786. The Morgan fingerprint density at radius 1 is 1.11 bits per heavy atom. The van der Waals surface area contributed by atoms with Gasteiger partial charge in [-0.1, -0.05) is 0 Å². The first-order valence-electron chi connectivity index (χ1n) is 6.76. The number of esters is 2. The van der Waals surface area contributed by atoms with Crippen LogP contribution in [0, 0.1) is 17.3 Å². The molecule has 2 aliphatic carbocycles. The van der Waals surface area contributed by atoms with E-state index in [-0.39, 0.29) is 23.9 Å². The van der Waals surface area contributed by atoms with Gasteiger partial charge in [-0.2, -0.15) is 0 Å². The van der Waals surface area contributed by atoms with Gasteiger partial charge in [-0.3, -0.25) is 14.4 Å². The van der Waals surface area contributed by atoms with Crippen LogP contribution in [-0.4, -0.2) is 29.9 Å². The molecule has 0 spiro atoms. The summed E-state index contributed by atoms with van der Waals surface area (Å²) in [6, 6.07) is 0. The van der Waals surface area contributed by atoms with Crippen molar-refractivity contribution in [2.24, 2.45) is 17.3 Å². The summed E-state index contributed by atoms with van der Waals surface area (Å²) in [5.74, 6) is -1.97. The molecule has 2 rings (SSSR count). The average molecular weight is 268 g/mol. The van der Waals surface area contributed by atoms with Gasteiger partial charge in [-0.15, -0.1) is 0 Å². The number of ether oxygens (including phenoxy) is 2. The van der Waals surface area contributed by atoms with Gasteiger partial charge in [0.15, 0.2) is 5.41 Å². The van der Waals surface area contributed by atoms with Crippen LogP contribution >= 0.6 is 0 Å². The maximum absolute atomic E-state index is 12.2. The summed E-state index contributed by atoms with van der Waals surface area (Å²) in [6.45, 7) is 6.89. The van der Waals surface area contributed by atoms with Crippen LogP contribution in [0.4, 0.5) is 0 Å². The highest BCUT2D eigenvalue weighted by Gasteiger charge is 2.80. The predicted octanol–water partition coefficient (Wildman–Crippen LogP) is 1.48. The lowest BCUT2D eigenvalue weighted by Crippen LogP contribution is -2.37. The van der Waals surface area contributed by atoms with E-state index in [2.05, 4.69) is 0 Å². The van der Waals surface area contributed by atoms with Crippen molar-refractivity contribution in [1.29, 1.82) is 0 Å². The van der Waals surface area contributed by atoms with E-state index < -0.39 is 23.3 Å². The highest BCUT2D eigenvalue weighted by Crippen LogP contribution is 2.67. The lowest BCUT2D eigenvalue weighted by Gasteiger charge is -2.20. The quantitative estimate of drug-likeness (QED) is 0.570. The molecule has 0 radical (unpaired) electrons. The molecule has 0 aliphatic heterocycles. The molecule has 0 aromatic heterocycles. The van der Waals surface area contributed by atoms with Crippen LogP contribution in [0.5, 0.6) is 0 Å². The number of hydrogen-bond acceptors (Lipinski definition) is 5. The van der Waals surface area contributed by atoms with Gasteiger partial charge in [-0.05, 0) is 40.0 Å². The molecular weight excluding hydrogens is 248 g/mol. The molecule has 2 atom stereocenters. The van der Waals surface area contributed by atoms with Crippen molar-refractivity contribution in [3.63, 3.8) is 0 Å². The minimum atomic E-state index is -1.36. The summed E-state index contributed by atoms with van der Waals surface area (Å²) in [5.41, 5.74) is -1.36. The third-order valence-electron chi connectivity index (χ3n) is 3.78. The lowest BCUT2D eigenvalue weighted by molar-refractivity contribution is -0.172. The number of Topliss-reactive ketones (excluding diaryl/α,β-unsaturated/α-hetero) is 1. The summed E-state index contributed by atoms with van der Waals surface area (Å²) >= 11 is 0. The largest absolute Gasteiger partial charge is 0.462 e. The van der Waals surface area contributed by atoms with Gasteiger partial charge >= 0.3 is 11.9 Å². The van der Waals surface area contributed by atoms with Gasteiger partial charge in [-0.25, -0.2) is 0 Å². The monoisotopic (exact) mass is 268 g/mol. The Morgan fingerprint density at radius 2 is 1.58 bits per heavy atom. The van der Waals surface area contributed by atoms with E-state index in [0.717, 1.165) is 0 Å². The van der Waals surface area contributed by atoms with Crippen molar-refractivity contribution in [2.75, 3.05) is 0 Å². The first-order valence-corrected chi connectivity index (χ1v) is 6.76. The third kappa shape index (κ3) is 2.05. The summed E-state index contributed by atoms with van der Waals surface area (Å²) < 4.78 is 10.3. The molecule has 2 saturated carbocycles. The second kappa shape index (κ2) is 4.62. The van der Waals surface area contributed by atoms with Crippen LogP contribution in [0.25, 0.3) is 0 Å². The molecule has 2 fully saturated rings. The molecule has 0 unspecified atom stereocenters. The Kier molecular flexibility index (Phi) is 3.41. The van der Waals surface area contributed by atoms with Gasteiger partial charge in [0.2, 0.25) is 0 Å². The summed E-state index contributed by atoms with van der Waals surface area (Å²) in [7, 11) is 0. The van der Waals surface area contributed by atoms with Crippen LogP contribution in [0.2, 0.25) is 0 Å². The normalized spacial score (nSPS) is 27.4. The fourth-order valence-electron chi connectivity index (χ4n) is 3.05. The topological polar surface area (TPSA) is 69.7 Å². The van der Waals surface area contributed by atoms with E-state index in [1.165, 1.54) is 0 Å². The Labute approximate surface area is 112 Å². The van der Waals surface area contributed by atoms with Crippen molar-refractivity contribution >= 4 is 17.7 Å². The SMILES string of the molecule is CC(C)OC(=O)C1(C(=O)OC(C)C)[C@@H]2C(=O)CC[C@@H]21. The van der Waals surface area contributed by atoms with Crippen LogP contribution in [0.1, 0.15) is 40.5 Å². The number of ketones is 1. The molecule has 0 heterocycles. The van der Waals surface area contributed by atoms with Crippen LogP contribution in [0.15, 0.2) is 0 Å². The predicted molar refractivity (Wildman–Crippen MR) is 66.1 cm³/mol. The Hall–Kier alpha value is -1.39. The fourth-order valence-corrected chi connectivity index (χ4v) is 3.05. The van der Waals surface area contributed by atoms with Crippen LogP contribution < -0.4 is 0 Å². The molecule has 5 nitrogen and oxygen atoms in total. The zero-order chi connectivity index (χ0) is 14.4. The molecule has 106 valence electrons. The minimum Gasteiger partial charge on any atom is -0.462 e. The highest BCUT2D eigenvalue weighted by molar-refractivity contribution is 6.12. The number of hydrogen-bond donors (Lipinski definition) is 0. The van der Waals surface area contributed by atoms with Gasteiger partial charge in [0, 0.05) is 12.3 Å². The molecule has 19 heavy (non-hydrogen) atoms.